The molecule has 0 N–H and O–H groups in total. The van der Waals surface area contributed by atoms with Crippen molar-refractivity contribution < 1.29 is 9.59 Å². The maximum absolute atomic E-state index is 12.1. The number of imidazole rings is 1. The Labute approximate surface area is 94.7 Å². The summed E-state index contributed by atoms with van der Waals surface area (Å²) in [6.45, 7) is 0. The van der Waals surface area contributed by atoms with Gasteiger partial charge in [0.25, 0.3) is 0 Å². The van der Waals surface area contributed by atoms with Gasteiger partial charge in [-0.2, -0.15) is 0 Å². The van der Waals surface area contributed by atoms with E-state index in [2.05, 4.69) is 4.98 Å². The molecule has 0 bridgehead atoms. The number of aryl methyl sites for hydroxylation is 1. The van der Waals surface area contributed by atoms with E-state index >= 15 is 0 Å². The van der Waals surface area contributed by atoms with Gasteiger partial charge in [0, 0.05) is 19.7 Å². The van der Waals surface area contributed by atoms with E-state index in [0.717, 1.165) is 19.3 Å². The van der Waals surface area contributed by atoms with Crippen LogP contribution in [-0.4, -0.2) is 21.1 Å². The van der Waals surface area contributed by atoms with Gasteiger partial charge in [-0.15, -0.1) is 0 Å². The normalized spacial score (nSPS) is 21.8. The summed E-state index contributed by atoms with van der Waals surface area (Å²) in [7, 11) is 1.82. The molecule has 1 saturated carbocycles. The molecule has 0 spiro atoms. The second-order valence-electron chi connectivity index (χ2n) is 4.41. The number of ketones is 2. The van der Waals surface area contributed by atoms with E-state index in [0.29, 0.717) is 18.5 Å². The molecule has 1 aliphatic rings. The molecule has 1 atom stereocenters. The maximum Gasteiger partial charge on any atom is 0.193 e. The lowest BCUT2D eigenvalue weighted by Crippen LogP contribution is -2.23. The Morgan fingerprint density at radius 2 is 2.25 bits per heavy atom. The smallest absolute Gasteiger partial charge is 0.193 e. The van der Waals surface area contributed by atoms with Gasteiger partial charge in [-0.25, -0.2) is 4.98 Å². The van der Waals surface area contributed by atoms with Crippen molar-refractivity contribution in [1.29, 1.82) is 0 Å². The van der Waals surface area contributed by atoms with Crippen molar-refractivity contribution in [3.63, 3.8) is 0 Å². The van der Waals surface area contributed by atoms with E-state index in [1.807, 2.05) is 7.05 Å². The van der Waals surface area contributed by atoms with Gasteiger partial charge in [-0.3, -0.25) is 9.59 Å². The molecule has 0 aliphatic heterocycles. The molecule has 0 aromatic carbocycles. The minimum Gasteiger partial charge on any atom is -0.340 e. The molecule has 2 rings (SSSR count). The first kappa shape index (κ1) is 11.0. The van der Waals surface area contributed by atoms with Crippen LogP contribution in [-0.2, 0) is 11.8 Å². The zero-order valence-electron chi connectivity index (χ0n) is 9.48. The summed E-state index contributed by atoms with van der Waals surface area (Å²) < 4.78 is 1.73. The third kappa shape index (κ3) is 2.21. The van der Waals surface area contributed by atoms with Crippen molar-refractivity contribution in [2.45, 2.75) is 32.1 Å². The maximum atomic E-state index is 12.1. The van der Waals surface area contributed by atoms with Crippen LogP contribution in [0.15, 0.2) is 12.5 Å². The van der Waals surface area contributed by atoms with Crippen molar-refractivity contribution in [2.24, 2.45) is 13.0 Å². The van der Waals surface area contributed by atoms with Crippen LogP contribution < -0.4 is 0 Å². The Bertz CT molecular complexity index is 409. The van der Waals surface area contributed by atoms with Crippen LogP contribution in [0.3, 0.4) is 0 Å². The van der Waals surface area contributed by atoms with Gasteiger partial charge in [0.05, 0.1) is 12.2 Å². The number of aromatic nitrogens is 2. The van der Waals surface area contributed by atoms with Crippen LogP contribution >= 0.6 is 0 Å². The first-order valence-electron chi connectivity index (χ1n) is 5.73. The minimum atomic E-state index is -0.447. The molecule has 1 aromatic heterocycles. The average molecular weight is 220 g/mol. The van der Waals surface area contributed by atoms with Gasteiger partial charge < -0.3 is 4.57 Å². The third-order valence-corrected chi connectivity index (χ3v) is 3.08. The standard InChI is InChI=1S/C12H16N2O2/c1-14-7-10(13-8-14)12(16)9-5-3-2-4-6-11(9)15/h7-9H,2-6H2,1H3. The summed E-state index contributed by atoms with van der Waals surface area (Å²) in [5.74, 6) is -0.460. The van der Waals surface area contributed by atoms with Crippen molar-refractivity contribution >= 4 is 11.6 Å². The highest BCUT2D eigenvalue weighted by Gasteiger charge is 2.29. The Morgan fingerprint density at radius 3 is 2.94 bits per heavy atom. The van der Waals surface area contributed by atoms with Crippen LogP contribution in [0.4, 0.5) is 0 Å². The highest BCUT2D eigenvalue weighted by atomic mass is 16.2. The van der Waals surface area contributed by atoms with E-state index in [9.17, 15) is 9.59 Å². The lowest BCUT2D eigenvalue weighted by Gasteiger charge is -2.09. The molecule has 1 aliphatic carbocycles. The molecular formula is C12H16N2O2. The molecule has 1 fully saturated rings. The third-order valence-electron chi connectivity index (χ3n) is 3.08. The predicted octanol–water partition coefficient (Wildman–Crippen LogP) is 1.75. The average Bonchev–Trinajstić information content (AvgIpc) is 2.57. The summed E-state index contributed by atoms with van der Waals surface area (Å²) in [6, 6.07) is 0. The summed E-state index contributed by atoms with van der Waals surface area (Å²) >= 11 is 0. The first-order chi connectivity index (χ1) is 7.68. The second-order valence-corrected chi connectivity index (χ2v) is 4.41. The Kier molecular flexibility index (Phi) is 3.17. The van der Waals surface area contributed by atoms with Crippen LogP contribution in [0.5, 0.6) is 0 Å². The van der Waals surface area contributed by atoms with Gasteiger partial charge >= 0.3 is 0 Å². The van der Waals surface area contributed by atoms with Crippen LogP contribution in [0.25, 0.3) is 0 Å². The monoisotopic (exact) mass is 220 g/mol. The molecule has 0 saturated heterocycles. The highest BCUT2D eigenvalue weighted by molar-refractivity contribution is 6.09. The number of hydrogen-bond acceptors (Lipinski definition) is 3. The molecule has 1 heterocycles. The van der Waals surface area contributed by atoms with Gasteiger partial charge in [0.1, 0.15) is 11.5 Å². The molecule has 16 heavy (non-hydrogen) atoms. The molecule has 0 amide bonds. The molecule has 86 valence electrons. The molecule has 1 aromatic rings. The Balaban J connectivity index is 2.16. The summed E-state index contributed by atoms with van der Waals surface area (Å²) in [4.78, 5) is 27.9. The number of rotatable bonds is 2. The minimum absolute atomic E-state index is 0.0909. The van der Waals surface area contributed by atoms with Crippen molar-refractivity contribution in [2.75, 3.05) is 0 Å². The number of carbonyl (C=O) groups excluding carboxylic acids is 2. The zero-order valence-corrected chi connectivity index (χ0v) is 9.48. The molecule has 1 unspecified atom stereocenters. The fraction of sp³-hybridized carbons (Fsp3) is 0.583. The second kappa shape index (κ2) is 4.60. The van der Waals surface area contributed by atoms with E-state index in [-0.39, 0.29) is 11.6 Å². The fourth-order valence-electron chi connectivity index (χ4n) is 2.16. The summed E-state index contributed by atoms with van der Waals surface area (Å²) in [5.41, 5.74) is 0.419. The van der Waals surface area contributed by atoms with E-state index < -0.39 is 5.92 Å². The molecular weight excluding hydrogens is 204 g/mol. The van der Waals surface area contributed by atoms with E-state index in [1.165, 1.54) is 0 Å². The first-order valence-corrected chi connectivity index (χ1v) is 5.73. The van der Waals surface area contributed by atoms with Gasteiger partial charge in [0.2, 0.25) is 0 Å². The Morgan fingerprint density at radius 1 is 1.44 bits per heavy atom. The van der Waals surface area contributed by atoms with Crippen LogP contribution in [0.2, 0.25) is 0 Å². The van der Waals surface area contributed by atoms with Crippen molar-refractivity contribution in [3.8, 4) is 0 Å². The summed E-state index contributed by atoms with van der Waals surface area (Å²) in [6.07, 6.45) is 7.45. The topological polar surface area (TPSA) is 52.0 Å². The number of Topliss-reactive ketones (excluding diaryl/α,β-unsaturated/α-hetero) is 2. The van der Waals surface area contributed by atoms with Crippen LogP contribution in [0.1, 0.15) is 42.6 Å². The number of hydrogen-bond donors (Lipinski definition) is 0. The van der Waals surface area contributed by atoms with Crippen molar-refractivity contribution in [1.82, 2.24) is 9.55 Å². The van der Waals surface area contributed by atoms with Crippen LogP contribution in [0, 0.1) is 5.92 Å². The van der Waals surface area contributed by atoms with Gasteiger partial charge in [0.15, 0.2) is 5.78 Å². The van der Waals surface area contributed by atoms with E-state index in [4.69, 9.17) is 0 Å². The Hall–Kier alpha value is -1.45. The molecule has 4 nitrogen and oxygen atoms in total. The summed E-state index contributed by atoms with van der Waals surface area (Å²) in [5, 5.41) is 0. The van der Waals surface area contributed by atoms with Gasteiger partial charge in [-0.05, 0) is 12.8 Å². The largest absolute Gasteiger partial charge is 0.340 e. The molecule has 4 heteroatoms. The number of carbonyl (C=O) groups is 2. The number of nitrogens with zero attached hydrogens (tertiary/aromatic N) is 2. The van der Waals surface area contributed by atoms with E-state index in [1.54, 1.807) is 17.1 Å². The highest BCUT2D eigenvalue weighted by Crippen LogP contribution is 2.22. The van der Waals surface area contributed by atoms with Crippen molar-refractivity contribution in [3.05, 3.63) is 18.2 Å². The quantitative estimate of drug-likeness (QED) is 0.433. The lowest BCUT2D eigenvalue weighted by atomic mass is 9.93. The predicted molar refractivity (Wildman–Crippen MR) is 59.1 cm³/mol. The molecule has 0 radical (unpaired) electrons. The lowest BCUT2D eigenvalue weighted by molar-refractivity contribution is -0.121. The fourth-order valence-corrected chi connectivity index (χ4v) is 2.16. The zero-order chi connectivity index (χ0) is 11.5. The SMILES string of the molecule is Cn1cnc(C(=O)C2CCCCCC2=O)c1. The van der Waals surface area contributed by atoms with Gasteiger partial charge in [-0.1, -0.05) is 12.8 Å².